The van der Waals surface area contributed by atoms with E-state index in [1.54, 1.807) is 0 Å². The van der Waals surface area contributed by atoms with Gasteiger partial charge in [-0.3, -0.25) is 4.79 Å². The number of rotatable bonds is 5. The normalized spacial score (nSPS) is 10.5. The lowest BCUT2D eigenvalue weighted by Gasteiger charge is -2.22. The Kier molecular flexibility index (Phi) is 4.88. The number of nitrogens with two attached hydrogens (primary N) is 1. The van der Waals surface area contributed by atoms with Crippen molar-refractivity contribution in [3.63, 3.8) is 0 Å². The summed E-state index contributed by atoms with van der Waals surface area (Å²) in [5, 5.41) is 2.85. The Hall–Kier alpha value is -1.85. The molecular formula is C12H21N5O. The van der Waals surface area contributed by atoms with E-state index in [9.17, 15) is 4.79 Å². The fourth-order valence-corrected chi connectivity index (χ4v) is 1.63. The van der Waals surface area contributed by atoms with Gasteiger partial charge in [0, 0.05) is 24.3 Å². The molecule has 0 bridgehead atoms. The largest absolute Gasteiger partial charge is 0.368 e. The average molecular weight is 251 g/mol. The van der Waals surface area contributed by atoms with Gasteiger partial charge in [-0.25, -0.2) is 4.98 Å². The van der Waals surface area contributed by atoms with Gasteiger partial charge >= 0.3 is 0 Å². The summed E-state index contributed by atoms with van der Waals surface area (Å²) in [6, 6.07) is 1.95. The summed E-state index contributed by atoms with van der Waals surface area (Å²) in [6.07, 6.45) is 0. The van der Waals surface area contributed by atoms with Crippen LogP contribution in [0.2, 0.25) is 0 Å². The summed E-state index contributed by atoms with van der Waals surface area (Å²) >= 11 is 0. The molecule has 0 saturated heterocycles. The number of nitrogens with one attached hydrogen (secondary N) is 1. The van der Waals surface area contributed by atoms with Crippen LogP contribution in [0, 0.1) is 6.92 Å². The number of hydrogen-bond acceptors (Lipinski definition) is 5. The van der Waals surface area contributed by atoms with Gasteiger partial charge in [0.05, 0.1) is 6.54 Å². The van der Waals surface area contributed by atoms with Crippen molar-refractivity contribution in [2.75, 3.05) is 23.7 Å². The third-order valence-corrected chi connectivity index (χ3v) is 2.35. The highest BCUT2D eigenvalue weighted by Crippen LogP contribution is 2.12. The lowest BCUT2D eigenvalue weighted by Crippen LogP contribution is -2.40. The van der Waals surface area contributed by atoms with E-state index >= 15 is 0 Å². The number of anilines is 2. The van der Waals surface area contributed by atoms with Gasteiger partial charge < -0.3 is 16.0 Å². The molecule has 0 radical (unpaired) electrons. The summed E-state index contributed by atoms with van der Waals surface area (Å²) in [6.45, 7) is 8.63. The van der Waals surface area contributed by atoms with Gasteiger partial charge in [-0.15, -0.1) is 0 Å². The molecular weight excluding hydrogens is 230 g/mol. The summed E-state index contributed by atoms with van der Waals surface area (Å²) < 4.78 is 0. The first-order valence-electron chi connectivity index (χ1n) is 6.07. The van der Waals surface area contributed by atoms with Crippen LogP contribution in [-0.2, 0) is 4.79 Å². The fraction of sp³-hybridized carbons (Fsp3) is 0.583. The molecule has 100 valence electrons. The van der Waals surface area contributed by atoms with Crippen molar-refractivity contribution in [2.45, 2.75) is 33.7 Å². The second-order valence-electron chi connectivity index (χ2n) is 4.46. The van der Waals surface area contributed by atoms with Crippen LogP contribution in [0.5, 0.6) is 0 Å². The zero-order valence-electron chi connectivity index (χ0n) is 11.4. The topological polar surface area (TPSA) is 84.1 Å². The number of aryl methyl sites for hydroxylation is 1. The lowest BCUT2D eigenvalue weighted by molar-refractivity contribution is -0.120. The van der Waals surface area contributed by atoms with Gasteiger partial charge in [-0.2, -0.15) is 4.98 Å². The molecule has 0 aliphatic rings. The number of nitrogens with zero attached hydrogens (tertiary/aromatic N) is 3. The summed E-state index contributed by atoms with van der Waals surface area (Å²) in [5.74, 6) is 0.885. The van der Waals surface area contributed by atoms with Crippen molar-refractivity contribution < 1.29 is 4.79 Å². The number of amides is 1. The molecule has 1 heterocycles. The second kappa shape index (κ2) is 6.18. The third-order valence-electron chi connectivity index (χ3n) is 2.35. The van der Waals surface area contributed by atoms with Crippen molar-refractivity contribution in [1.29, 1.82) is 0 Å². The van der Waals surface area contributed by atoms with Crippen molar-refractivity contribution >= 4 is 17.7 Å². The van der Waals surface area contributed by atoms with Crippen LogP contribution in [0.15, 0.2) is 6.07 Å². The standard InChI is InChI=1S/C12H21N5O/c1-5-17(7-11(18)14-8(2)3)10-6-9(4)15-12(13)16-10/h6,8H,5,7H2,1-4H3,(H,14,18)(H2,13,15,16). The van der Waals surface area contributed by atoms with E-state index in [1.165, 1.54) is 0 Å². The van der Waals surface area contributed by atoms with Crippen LogP contribution in [0.1, 0.15) is 26.5 Å². The smallest absolute Gasteiger partial charge is 0.239 e. The monoisotopic (exact) mass is 251 g/mol. The first-order valence-corrected chi connectivity index (χ1v) is 6.07. The van der Waals surface area contributed by atoms with Gasteiger partial charge in [-0.05, 0) is 27.7 Å². The highest BCUT2D eigenvalue weighted by atomic mass is 16.2. The molecule has 0 aliphatic carbocycles. The maximum atomic E-state index is 11.7. The molecule has 3 N–H and O–H groups in total. The van der Waals surface area contributed by atoms with Crippen LogP contribution < -0.4 is 16.0 Å². The van der Waals surface area contributed by atoms with E-state index in [0.717, 1.165) is 5.69 Å². The van der Waals surface area contributed by atoms with E-state index in [4.69, 9.17) is 5.73 Å². The highest BCUT2D eigenvalue weighted by molar-refractivity contribution is 5.81. The Labute approximate surface area is 108 Å². The minimum atomic E-state index is -0.0262. The number of carbonyl (C=O) groups excluding carboxylic acids is 1. The molecule has 0 saturated carbocycles. The van der Waals surface area contributed by atoms with Crippen LogP contribution in [0.3, 0.4) is 0 Å². The predicted octanol–water partition coefficient (Wildman–Crippen LogP) is 0.718. The van der Waals surface area contributed by atoms with E-state index in [0.29, 0.717) is 12.4 Å². The van der Waals surface area contributed by atoms with Crippen molar-refractivity contribution in [2.24, 2.45) is 0 Å². The molecule has 1 aromatic rings. The number of hydrogen-bond donors (Lipinski definition) is 2. The van der Waals surface area contributed by atoms with E-state index < -0.39 is 0 Å². The molecule has 0 aromatic carbocycles. The predicted molar refractivity (Wildman–Crippen MR) is 72.3 cm³/mol. The Morgan fingerprint density at radius 1 is 1.50 bits per heavy atom. The molecule has 0 fully saturated rings. The minimum absolute atomic E-state index is 0.0262. The third kappa shape index (κ3) is 4.20. The van der Waals surface area contributed by atoms with E-state index in [2.05, 4.69) is 15.3 Å². The Morgan fingerprint density at radius 3 is 2.67 bits per heavy atom. The minimum Gasteiger partial charge on any atom is -0.368 e. The summed E-state index contributed by atoms with van der Waals surface area (Å²) in [7, 11) is 0. The van der Waals surface area contributed by atoms with Gasteiger partial charge in [0.2, 0.25) is 11.9 Å². The average Bonchev–Trinajstić information content (AvgIpc) is 2.23. The summed E-state index contributed by atoms with van der Waals surface area (Å²) in [4.78, 5) is 21.8. The lowest BCUT2D eigenvalue weighted by atomic mass is 10.3. The van der Waals surface area contributed by atoms with E-state index in [1.807, 2.05) is 38.7 Å². The Balaban J connectivity index is 2.79. The van der Waals surface area contributed by atoms with Gasteiger partial charge in [0.15, 0.2) is 0 Å². The zero-order valence-corrected chi connectivity index (χ0v) is 11.4. The molecule has 0 spiro atoms. The maximum absolute atomic E-state index is 11.7. The van der Waals surface area contributed by atoms with Crippen LogP contribution >= 0.6 is 0 Å². The quantitative estimate of drug-likeness (QED) is 0.805. The van der Waals surface area contributed by atoms with Crippen LogP contribution in [-0.4, -0.2) is 35.0 Å². The van der Waals surface area contributed by atoms with Gasteiger partial charge in [-0.1, -0.05) is 0 Å². The van der Waals surface area contributed by atoms with Crippen molar-refractivity contribution in [1.82, 2.24) is 15.3 Å². The fourth-order valence-electron chi connectivity index (χ4n) is 1.63. The molecule has 0 unspecified atom stereocenters. The number of carbonyl (C=O) groups is 1. The first kappa shape index (κ1) is 14.2. The SMILES string of the molecule is CCN(CC(=O)NC(C)C)c1cc(C)nc(N)n1. The molecule has 0 aliphatic heterocycles. The van der Waals surface area contributed by atoms with Crippen molar-refractivity contribution in [3.05, 3.63) is 11.8 Å². The Morgan fingerprint density at radius 2 is 2.17 bits per heavy atom. The van der Waals surface area contributed by atoms with Gasteiger partial charge in [0.1, 0.15) is 5.82 Å². The molecule has 0 atom stereocenters. The number of aromatic nitrogens is 2. The van der Waals surface area contributed by atoms with Crippen molar-refractivity contribution in [3.8, 4) is 0 Å². The molecule has 1 aromatic heterocycles. The second-order valence-corrected chi connectivity index (χ2v) is 4.46. The molecule has 18 heavy (non-hydrogen) atoms. The first-order chi connectivity index (χ1) is 8.42. The number of nitrogen functional groups attached to an aromatic ring is 1. The van der Waals surface area contributed by atoms with Crippen LogP contribution in [0.25, 0.3) is 0 Å². The summed E-state index contributed by atoms with van der Waals surface area (Å²) in [5.41, 5.74) is 6.41. The van der Waals surface area contributed by atoms with E-state index in [-0.39, 0.29) is 24.4 Å². The molecule has 6 nitrogen and oxygen atoms in total. The number of likely N-dealkylation sites (N-methyl/N-ethyl adjacent to an activating group) is 1. The molecule has 1 rings (SSSR count). The van der Waals surface area contributed by atoms with Gasteiger partial charge in [0.25, 0.3) is 0 Å². The molecule has 6 heteroatoms. The maximum Gasteiger partial charge on any atom is 0.239 e. The Bertz CT molecular complexity index is 399. The highest BCUT2D eigenvalue weighted by Gasteiger charge is 2.13. The van der Waals surface area contributed by atoms with Crippen LogP contribution in [0.4, 0.5) is 11.8 Å². The molecule has 1 amide bonds. The zero-order chi connectivity index (χ0) is 13.7.